The molecule has 2 aliphatic heterocycles. The van der Waals surface area contributed by atoms with Crippen LogP contribution in [-0.4, -0.2) is 60.3 Å². The summed E-state index contributed by atoms with van der Waals surface area (Å²) in [6, 6.07) is 10.0. The van der Waals surface area contributed by atoms with Crippen LogP contribution in [-0.2, 0) is 15.9 Å². The molecular formula is C22H35BN2O2. The molecule has 0 radical (unpaired) electrons. The van der Waals surface area contributed by atoms with Gasteiger partial charge < -0.3 is 9.31 Å². The van der Waals surface area contributed by atoms with E-state index in [2.05, 4.69) is 88.7 Å². The molecule has 2 fully saturated rings. The quantitative estimate of drug-likeness (QED) is 0.752. The second-order valence-corrected chi connectivity index (χ2v) is 9.28. The van der Waals surface area contributed by atoms with Crippen molar-refractivity contribution >= 4 is 13.2 Å². The van der Waals surface area contributed by atoms with E-state index >= 15 is 0 Å². The van der Waals surface area contributed by atoms with E-state index < -0.39 is 0 Å². The Balaban J connectivity index is 1.57. The SMILES string of the molecule is C[C@@H]1CN(Cc2ccc(/C=C/B3OC(C)(C)C(C)(C)O3)cc2)C[C@H](C)N1C. The zero-order valence-electron chi connectivity index (χ0n) is 18.0. The van der Waals surface area contributed by atoms with E-state index in [1.54, 1.807) is 0 Å². The molecule has 148 valence electrons. The van der Waals surface area contributed by atoms with Gasteiger partial charge >= 0.3 is 7.12 Å². The van der Waals surface area contributed by atoms with Gasteiger partial charge in [0.05, 0.1) is 11.2 Å². The zero-order chi connectivity index (χ0) is 19.8. The van der Waals surface area contributed by atoms with Gasteiger partial charge in [0.25, 0.3) is 0 Å². The maximum absolute atomic E-state index is 6.02. The predicted molar refractivity (Wildman–Crippen MR) is 114 cm³/mol. The van der Waals surface area contributed by atoms with E-state index in [0.29, 0.717) is 12.1 Å². The number of hydrogen-bond donors (Lipinski definition) is 0. The van der Waals surface area contributed by atoms with Gasteiger partial charge in [-0.25, -0.2) is 0 Å². The second kappa shape index (κ2) is 7.71. The van der Waals surface area contributed by atoms with Crippen molar-refractivity contribution in [3.8, 4) is 0 Å². The lowest BCUT2D eigenvalue weighted by Crippen LogP contribution is -2.54. The molecular weight excluding hydrogens is 335 g/mol. The van der Waals surface area contributed by atoms with Gasteiger partial charge in [-0.1, -0.05) is 36.3 Å². The van der Waals surface area contributed by atoms with Gasteiger partial charge in [-0.2, -0.15) is 0 Å². The highest BCUT2D eigenvalue weighted by Gasteiger charge is 2.49. The van der Waals surface area contributed by atoms with Crippen LogP contribution < -0.4 is 0 Å². The van der Waals surface area contributed by atoms with E-state index in [4.69, 9.17) is 9.31 Å². The smallest absolute Gasteiger partial charge is 0.400 e. The zero-order valence-corrected chi connectivity index (χ0v) is 18.0. The van der Waals surface area contributed by atoms with Crippen molar-refractivity contribution in [2.45, 2.75) is 71.4 Å². The molecule has 0 bridgehead atoms. The molecule has 0 spiro atoms. The van der Waals surface area contributed by atoms with Crippen molar-refractivity contribution in [1.29, 1.82) is 0 Å². The van der Waals surface area contributed by atoms with Gasteiger partial charge in [-0.05, 0) is 59.7 Å². The summed E-state index contributed by atoms with van der Waals surface area (Å²) < 4.78 is 12.0. The average Bonchev–Trinajstić information content (AvgIpc) is 2.79. The standard InChI is InChI=1S/C22H35BN2O2/c1-17-14-25(15-18(2)24(17)7)16-20-10-8-19(9-11-20)12-13-23-26-21(3,4)22(5,6)27-23/h8-13,17-18H,14-16H2,1-7H3/b13-12+/t17-,18+. The molecule has 2 saturated heterocycles. The maximum atomic E-state index is 6.02. The Labute approximate surface area is 165 Å². The number of nitrogens with zero attached hydrogens (tertiary/aromatic N) is 2. The molecule has 2 aliphatic rings. The topological polar surface area (TPSA) is 24.9 Å². The van der Waals surface area contributed by atoms with Gasteiger partial charge in [0, 0.05) is 31.7 Å². The van der Waals surface area contributed by atoms with Crippen LogP contribution >= 0.6 is 0 Å². The van der Waals surface area contributed by atoms with Crippen molar-refractivity contribution in [2.24, 2.45) is 0 Å². The van der Waals surface area contributed by atoms with Gasteiger partial charge in [-0.15, -0.1) is 0 Å². The molecule has 3 rings (SSSR count). The highest BCUT2D eigenvalue weighted by molar-refractivity contribution is 6.52. The second-order valence-electron chi connectivity index (χ2n) is 9.28. The van der Waals surface area contributed by atoms with Crippen LogP contribution in [0, 0.1) is 0 Å². The van der Waals surface area contributed by atoms with Gasteiger partial charge in [0.1, 0.15) is 0 Å². The number of likely N-dealkylation sites (N-methyl/N-ethyl adjacent to an activating group) is 1. The van der Waals surface area contributed by atoms with Crippen molar-refractivity contribution in [1.82, 2.24) is 9.80 Å². The van der Waals surface area contributed by atoms with E-state index in [0.717, 1.165) is 19.6 Å². The summed E-state index contributed by atoms with van der Waals surface area (Å²) in [7, 11) is 1.94. The minimum Gasteiger partial charge on any atom is -0.400 e. The Morgan fingerprint density at radius 2 is 1.52 bits per heavy atom. The molecule has 2 atom stereocenters. The monoisotopic (exact) mass is 370 g/mol. The lowest BCUT2D eigenvalue weighted by Gasteiger charge is -2.42. The summed E-state index contributed by atoms with van der Waals surface area (Å²) in [4.78, 5) is 5.03. The van der Waals surface area contributed by atoms with Crippen LogP contribution in [0.5, 0.6) is 0 Å². The summed E-state index contributed by atoms with van der Waals surface area (Å²) in [5, 5.41) is 0. The first-order chi connectivity index (χ1) is 12.6. The fraction of sp³-hybridized carbons (Fsp3) is 0.636. The molecule has 1 aromatic carbocycles. The summed E-state index contributed by atoms with van der Waals surface area (Å²) >= 11 is 0. The molecule has 0 aliphatic carbocycles. The number of benzene rings is 1. The Hall–Kier alpha value is -1.14. The number of hydrogen-bond acceptors (Lipinski definition) is 4. The predicted octanol–water partition coefficient (Wildman–Crippen LogP) is 3.86. The molecule has 0 N–H and O–H groups in total. The first-order valence-electron chi connectivity index (χ1n) is 10.1. The first-order valence-corrected chi connectivity index (χ1v) is 10.1. The highest BCUT2D eigenvalue weighted by Crippen LogP contribution is 2.37. The van der Waals surface area contributed by atoms with E-state index in [1.165, 1.54) is 11.1 Å². The van der Waals surface area contributed by atoms with Crippen LogP contribution in [0.15, 0.2) is 30.2 Å². The normalized spacial score (nSPS) is 28.9. The Morgan fingerprint density at radius 3 is 2.04 bits per heavy atom. The Morgan fingerprint density at radius 1 is 1.00 bits per heavy atom. The summed E-state index contributed by atoms with van der Waals surface area (Å²) in [6.45, 7) is 16.2. The van der Waals surface area contributed by atoms with E-state index in [1.807, 2.05) is 5.98 Å². The number of piperazine rings is 1. The Bertz CT molecular complexity index is 643. The minimum absolute atomic E-state index is 0.289. The third-order valence-corrected chi connectivity index (χ3v) is 6.54. The van der Waals surface area contributed by atoms with Gasteiger partial charge in [0.2, 0.25) is 0 Å². The van der Waals surface area contributed by atoms with Crippen molar-refractivity contribution in [3.05, 3.63) is 41.4 Å². The summed E-state index contributed by atoms with van der Waals surface area (Å²) in [6.07, 6.45) is 2.09. The van der Waals surface area contributed by atoms with Crippen LogP contribution in [0.4, 0.5) is 0 Å². The Kier molecular flexibility index (Phi) is 5.88. The largest absolute Gasteiger partial charge is 0.487 e. The van der Waals surface area contributed by atoms with Crippen LogP contribution in [0.1, 0.15) is 52.7 Å². The van der Waals surface area contributed by atoms with Gasteiger partial charge in [-0.3, -0.25) is 9.80 Å². The highest BCUT2D eigenvalue weighted by atomic mass is 16.7. The van der Waals surface area contributed by atoms with Crippen LogP contribution in [0.2, 0.25) is 0 Å². The van der Waals surface area contributed by atoms with Crippen molar-refractivity contribution < 1.29 is 9.31 Å². The molecule has 1 aromatic rings. The molecule has 2 heterocycles. The third-order valence-electron chi connectivity index (χ3n) is 6.54. The number of rotatable bonds is 4. The minimum atomic E-state index is -0.289. The molecule has 0 saturated carbocycles. The average molecular weight is 370 g/mol. The summed E-state index contributed by atoms with van der Waals surface area (Å²) in [5.41, 5.74) is 1.96. The van der Waals surface area contributed by atoms with Crippen molar-refractivity contribution in [3.63, 3.8) is 0 Å². The lowest BCUT2D eigenvalue weighted by molar-refractivity contribution is 0.00578. The molecule has 0 unspecified atom stereocenters. The molecule has 4 nitrogen and oxygen atoms in total. The van der Waals surface area contributed by atoms with Crippen LogP contribution in [0.3, 0.4) is 0 Å². The molecule has 0 aromatic heterocycles. The molecule has 0 amide bonds. The molecule has 27 heavy (non-hydrogen) atoms. The summed E-state index contributed by atoms with van der Waals surface area (Å²) in [5.74, 6) is 2.01. The van der Waals surface area contributed by atoms with Crippen molar-refractivity contribution in [2.75, 3.05) is 20.1 Å². The maximum Gasteiger partial charge on any atom is 0.487 e. The van der Waals surface area contributed by atoms with Gasteiger partial charge in [0.15, 0.2) is 0 Å². The van der Waals surface area contributed by atoms with Crippen LogP contribution in [0.25, 0.3) is 6.08 Å². The molecule has 5 heteroatoms. The fourth-order valence-electron chi connectivity index (χ4n) is 3.79. The third kappa shape index (κ3) is 4.65. The fourth-order valence-corrected chi connectivity index (χ4v) is 3.79. The van der Waals surface area contributed by atoms with E-state index in [-0.39, 0.29) is 18.3 Å². The first kappa shape index (κ1) is 20.6. The lowest BCUT2D eigenvalue weighted by atomic mass is 9.89. The van der Waals surface area contributed by atoms with E-state index in [9.17, 15) is 0 Å².